The molecule has 0 radical (unpaired) electrons. The third kappa shape index (κ3) is 5.63. The van der Waals surface area contributed by atoms with Gasteiger partial charge in [0.1, 0.15) is 17.1 Å². The average molecular weight is 505 g/mol. The van der Waals surface area contributed by atoms with Crippen LogP contribution < -0.4 is 10.1 Å². The van der Waals surface area contributed by atoms with Crippen LogP contribution in [-0.4, -0.2) is 23.2 Å². The number of fused-ring (bicyclic) bond motifs is 1. The van der Waals surface area contributed by atoms with E-state index in [4.69, 9.17) is 20.8 Å². The van der Waals surface area contributed by atoms with Crippen molar-refractivity contribution in [3.8, 4) is 5.75 Å². The van der Waals surface area contributed by atoms with Gasteiger partial charge in [0.25, 0.3) is 5.91 Å². The van der Waals surface area contributed by atoms with E-state index >= 15 is 0 Å². The number of carbonyl (C=O) groups excluding carboxylic acids is 1. The SMILES string of the molecule is C[C@@H](Oc1ccc(C(F)=C(c2ccccc2)C(F)(F)F)cc1)C(=O)Nc1nc2cc(Cl)ccc2o1. The lowest BCUT2D eigenvalue weighted by Gasteiger charge is -2.15. The number of oxazole rings is 1. The highest BCUT2D eigenvalue weighted by molar-refractivity contribution is 6.31. The fourth-order valence-electron chi connectivity index (χ4n) is 3.26. The molecule has 0 saturated heterocycles. The van der Waals surface area contributed by atoms with Crippen LogP contribution in [0.4, 0.5) is 23.6 Å². The summed E-state index contributed by atoms with van der Waals surface area (Å²) < 4.78 is 66.5. The highest BCUT2D eigenvalue weighted by Gasteiger charge is 2.38. The molecule has 0 bridgehead atoms. The van der Waals surface area contributed by atoms with Gasteiger partial charge in [-0.15, -0.1) is 0 Å². The lowest BCUT2D eigenvalue weighted by atomic mass is 10.0. The van der Waals surface area contributed by atoms with Gasteiger partial charge in [0.05, 0.1) is 5.57 Å². The van der Waals surface area contributed by atoms with E-state index < -0.39 is 29.6 Å². The van der Waals surface area contributed by atoms with Crippen molar-refractivity contribution in [1.29, 1.82) is 0 Å². The zero-order valence-corrected chi connectivity index (χ0v) is 18.8. The Balaban J connectivity index is 1.48. The van der Waals surface area contributed by atoms with Crippen molar-refractivity contribution in [2.75, 3.05) is 5.32 Å². The number of hydrogen-bond donors (Lipinski definition) is 1. The van der Waals surface area contributed by atoms with E-state index in [-0.39, 0.29) is 22.9 Å². The van der Waals surface area contributed by atoms with Gasteiger partial charge >= 0.3 is 12.2 Å². The minimum absolute atomic E-state index is 0.0501. The maximum atomic E-state index is 14.9. The van der Waals surface area contributed by atoms with Gasteiger partial charge in [0, 0.05) is 10.6 Å². The van der Waals surface area contributed by atoms with E-state index in [0.29, 0.717) is 16.1 Å². The van der Waals surface area contributed by atoms with Crippen molar-refractivity contribution in [1.82, 2.24) is 4.98 Å². The number of allylic oxidation sites excluding steroid dienone is 1. The van der Waals surface area contributed by atoms with Crippen molar-refractivity contribution in [2.24, 2.45) is 0 Å². The van der Waals surface area contributed by atoms with Gasteiger partial charge in [0.2, 0.25) is 0 Å². The molecule has 0 spiro atoms. The number of aromatic nitrogens is 1. The molecule has 10 heteroatoms. The Bertz CT molecular complexity index is 1380. The Morgan fingerprint density at radius 1 is 1.03 bits per heavy atom. The molecule has 0 aliphatic carbocycles. The van der Waals surface area contributed by atoms with Crippen molar-refractivity contribution < 1.29 is 31.5 Å². The summed E-state index contributed by atoms with van der Waals surface area (Å²) in [6.07, 6.45) is -5.92. The third-order valence-electron chi connectivity index (χ3n) is 4.94. The number of hydrogen-bond acceptors (Lipinski definition) is 4. The number of nitrogens with zero attached hydrogens (tertiary/aromatic N) is 1. The van der Waals surface area contributed by atoms with E-state index in [9.17, 15) is 22.4 Å². The summed E-state index contributed by atoms with van der Waals surface area (Å²) >= 11 is 5.90. The molecule has 1 atom stereocenters. The first-order chi connectivity index (χ1) is 16.6. The standard InChI is InChI=1S/C25H17ClF4N2O3/c1-14(23(33)32-24-31-19-13-17(26)9-12-20(19)35-24)34-18-10-7-16(8-11-18)22(27)21(25(28,29)30)15-5-3-2-4-6-15/h2-14H,1H3,(H,31,32,33)/t14-/m1/s1. The van der Waals surface area contributed by atoms with Gasteiger partial charge in [-0.2, -0.15) is 18.2 Å². The molecule has 1 heterocycles. The van der Waals surface area contributed by atoms with E-state index in [1.165, 1.54) is 43.3 Å². The summed E-state index contributed by atoms with van der Waals surface area (Å²) in [4.78, 5) is 16.6. The molecule has 0 fully saturated rings. The van der Waals surface area contributed by atoms with E-state index in [1.54, 1.807) is 24.3 Å². The van der Waals surface area contributed by atoms with E-state index in [1.807, 2.05) is 0 Å². The lowest BCUT2D eigenvalue weighted by Crippen LogP contribution is -2.30. The second kappa shape index (κ2) is 9.79. The maximum absolute atomic E-state index is 14.9. The topological polar surface area (TPSA) is 64.4 Å². The molecule has 0 aliphatic rings. The molecule has 35 heavy (non-hydrogen) atoms. The number of halogens is 5. The van der Waals surface area contributed by atoms with Gasteiger partial charge in [-0.25, -0.2) is 4.39 Å². The smallest absolute Gasteiger partial charge is 0.419 e. The maximum Gasteiger partial charge on any atom is 0.419 e. The summed E-state index contributed by atoms with van der Waals surface area (Å²) in [5.41, 5.74) is -1.06. The van der Waals surface area contributed by atoms with Crippen LogP contribution in [0.15, 0.2) is 77.2 Å². The highest BCUT2D eigenvalue weighted by atomic mass is 35.5. The Kier molecular flexibility index (Phi) is 6.79. The Morgan fingerprint density at radius 3 is 2.37 bits per heavy atom. The molecular formula is C25H17ClF4N2O3. The lowest BCUT2D eigenvalue weighted by molar-refractivity contribution is -0.122. The molecule has 0 aliphatic heterocycles. The second-order valence-electron chi connectivity index (χ2n) is 7.46. The molecular weight excluding hydrogens is 488 g/mol. The molecule has 4 aromatic rings. The first-order valence-electron chi connectivity index (χ1n) is 10.3. The number of benzene rings is 3. The molecule has 1 N–H and O–H groups in total. The molecule has 5 nitrogen and oxygen atoms in total. The monoisotopic (exact) mass is 504 g/mol. The molecule has 1 amide bonds. The first-order valence-corrected chi connectivity index (χ1v) is 10.7. The van der Waals surface area contributed by atoms with Gasteiger partial charge in [0.15, 0.2) is 11.7 Å². The summed E-state index contributed by atoms with van der Waals surface area (Å²) in [7, 11) is 0. The number of amides is 1. The normalized spacial score (nSPS) is 13.3. The van der Waals surface area contributed by atoms with Gasteiger partial charge in [-0.3, -0.25) is 10.1 Å². The zero-order valence-electron chi connectivity index (χ0n) is 18.1. The Hall–Kier alpha value is -3.85. The molecule has 4 rings (SSSR count). The van der Waals surface area contributed by atoms with Crippen molar-refractivity contribution >= 4 is 46.0 Å². The van der Waals surface area contributed by atoms with Gasteiger partial charge in [-0.1, -0.05) is 41.9 Å². The first kappa shape index (κ1) is 24.3. The minimum atomic E-state index is -4.90. The fraction of sp³-hybridized carbons (Fsp3) is 0.120. The van der Waals surface area contributed by atoms with Crippen molar-refractivity contribution in [2.45, 2.75) is 19.2 Å². The highest BCUT2D eigenvalue weighted by Crippen LogP contribution is 2.40. The second-order valence-corrected chi connectivity index (χ2v) is 7.89. The minimum Gasteiger partial charge on any atom is -0.481 e. The van der Waals surface area contributed by atoms with E-state index in [2.05, 4.69) is 10.3 Å². The number of alkyl halides is 3. The van der Waals surface area contributed by atoms with Crippen molar-refractivity contribution in [3.05, 3.63) is 88.9 Å². The van der Waals surface area contributed by atoms with Crippen LogP contribution in [-0.2, 0) is 4.79 Å². The molecule has 0 saturated carbocycles. The number of anilines is 1. The largest absolute Gasteiger partial charge is 0.481 e. The van der Waals surface area contributed by atoms with Crippen LogP contribution in [0.1, 0.15) is 18.1 Å². The summed E-state index contributed by atoms with van der Waals surface area (Å²) in [5, 5.41) is 2.93. The number of carbonyl (C=O) groups is 1. The van der Waals surface area contributed by atoms with Crippen LogP contribution in [0.5, 0.6) is 5.75 Å². The zero-order chi connectivity index (χ0) is 25.2. The van der Waals surface area contributed by atoms with Crippen molar-refractivity contribution in [3.63, 3.8) is 0 Å². The quantitative estimate of drug-likeness (QED) is 0.221. The number of ether oxygens (including phenoxy) is 1. The molecule has 1 aromatic heterocycles. The molecule has 3 aromatic carbocycles. The van der Waals surface area contributed by atoms with Crippen LogP contribution in [0.3, 0.4) is 0 Å². The van der Waals surface area contributed by atoms with Crippen LogP contribution >= 0.6 is 11.6 Å². The third-order valence-corrected chi connectivity index (χ3v) is 5.17. The van der Waals surface area contributed by atoms with Gasteiger partial charge < -0.3 is 9.15 Å². The predicted octanol–water partition coefficient (Wildman–Crippen LogP) is 7.29. The average Bonchev–Trinajstić information content (AvgIpc) is 3.20. The fourth-order valence-corrected chi connectivity index (χ4v) is 3.43. The Labute approximate surface area is 202 Å². The van der Waals surface area contributed by atoms with Gasteiger partial charge in [-0.05, 0) is 55.0 Å². The van der Waals surface area contributed by atoms with E-state index in [0.717, 1.165) is 12.1 Å². The summed E-state index contributed by atoms with van der Waals surface area (Å²) in [6.45, 7) is 1.46. The molecule has 0 unspecified atom stereocenters. The summed E-state index contributed by atoms with van der Waals surface area (Å²) in [6, 6.07) is 16.3. The summed E-state index contributed by atoms with van der Waals surface area (Å²) in [5.74, 6) is -1.85. The predicted molar refractivity (Wildman–Crippen MR) is 125 cm³/mol. The van der Waals surface area contributed by atoms with Crippen LogP contribution in [0.25, 0.3) is 22.5 Å². The Morgan fingerprint density at radius 2 is 1.71 bits per heavy atom. The molecule has 180 valence electrons. The number of rotatable bonds is 6. The van der Waals surface area contributed by atoms with Crippen LogP contribution in [0.2, 0.25) is 5.02 Å². The van der Waals surface area contributed by atoms with Crippen LogP contribution in [0, 0.1) is 0 Å². The number of nitrogens with one attached hydrogen (secondary N) is 1.